The minimum atomic E-state index is 0.639. The van der Waals surface area contributed by atoms with Gasteiger partial charge in [-0.1, -0.05) is 35.3 Å². The van der Waals surface area contributed by atoms with Crippen LogP contribution in [-0.4, -0.2) is 9.97 Å². The number of fused-ring (bicyclic) bond motifs is 1. The molecular formula is C13H8Cl2N2. The number of rotatable bonds is 1. The van der Waals surface area contributed by atoms with Crippen LogP contribution >= 0.6 is 23.2 Å². The molecular weight excluding hydrogens is 255 g/mol. The Kier molecular flexibility index (Phi) is 2.54. The van der Waals surface area contributed by atoms with Crippen molar-refractivity contribution >= 4 is 34.2 Å². The third kappa shape index (κ3) is 1.90. The van der Waals surface area contributed by atoms with Gasteiger partial charge < -0.3 is 4.98 Å². The Hall–Kier alpha value is -1.51. The molecule has 0 amide bonds. The fraction of sp³-hybridized carbons (Fsp3) is 0. The van der Waals surface area contributed by atoms with Gasteiger partial charge in [0.05, 0.1) is 17.4 Å². The summed E-state index contributed by atoms with van der Waals surface area (Å²) in [4.78, 5) is 7.28. The Bertz CT molecular complexity index is 689. The molecule has 0 aliphatic rings. The first kappa shape index (κ1) is 10.6. The van der Waals surface area contributed by atoms with Gasteiger partial charge in [0, 0.05) is 15.6 Å². The van der Waals surface area contributed by atoms with Crippen LogP contribution in [0.15, 0.2) is 42.7 Å². The molecule has 0 aliphatic carbocycles. The maximum Gasteiger partial charge on any atom is 0.0931 e. The SMILES string of the molecule is Clc1ccc(-c2ccc3[nH]cnc3c2)c(Cl)c1. The summed E-state index contributed by atoms with van der Waals surface area (Å²) in [6.45, 7) is 0. The van der Waals surface area contributed by atoms with Gasteiger partial charge in [0.15, 0.2) is 0 Å². The topological polar surface area (TPSA) is 28.7 Å². The highest BCUT2D eigenvalue weighted by Gasteiger charge is 2.05. The highest BCUT2D eigenvalue weighted by molar-refractivity contribution is 6.36. The molecule has 3 aromatic rings. The van der Waals surface area contributed by atoms with Crippen molar-refractivity contribution in [3.8, 4) is 11.1 Å². The van der Waals surface area contributed by atoms with E-state index in [0.29, 0.717) is 10.0 Å². The molecule has 0 atom stereocenters. The predicted molar refractivity (Wildman–Crippen MR) is 71.5 cm³/mol. The number of imidazole rings is 1. The number of nitrogens with zero attached hydrogens (tertiary/aromatic N) is 1. The first-order valence-electron chi connectivity index (χ1n) is 5.12. The molecule has 0 radical (unpaired) electrons. The van der Waals surface area contributed by atoms with E-state index in [4.69, 9.17) is 23.2 Å². The normalized spacial score (nSPS) is 10.9. The molecule has 0 spiro atoms. The maximum absolute atomic E-state index is 6.18. The van der Waals surface area contributed by atoms with Gasteiger partial charge in [0.25, 0.3) is 0 Å². The second-order valence-electron chi connectivity index (χ2n) is 3.76. The van der Waals surface area contributed by atoms with Gasteiger partial charge in [-0.3, -0.25) is 0 Å². The Labute approximate surface area is 108 Å². The zero-order valence-corrected chi connectivity index (χ0v) is 10.3. The molecule has 4 heteroatoms. The van der Waals surface area contributed by atoms with Crippen LogP contribution in [0, 0.1) is 0 Å². The Morgan fingerprint density at radius 1 is 1.00 bits per heavy atom. The predicted octanol–water partition coefficient (Wildman–Crippen LogP) is 4.54. The summed E-state index contributed by atoms with van der Waals surface area (Å²) in [5.74, 6) is 0. The number of aromatic amines is 1. The Morgan fingerprint density at radius 2 is 1.88 bits per heavy atom. The van der Waals surface area contributed by atoms with E-state index in [-0.39, 0.29) is 0 Å². The lowest BCUT2D eigenvalue weighted by atomic mass is 10.1. The van der Waals surface area contributed by atoms with Crippen molar-refractivity contribution in [1.29, 1.82) is 0 Å². The first-order chi connectivity index (χ1) is 8.24. The highest BCUT2D eigenvalue weighted by Crippen LogP contribution is 2.31. The third-order valence-electron chi connectivity index (χ3n) is 2.66. The fourth-order valence-electron chi connectivity index (χ4n) is 1.82. The number of benzene rings is 2. The van der Waals surface area contributed by atoms with Gasteiger partial charge in [-0.15, -0.1) is 0 Å². The molecule has 0 saturated carbocycles. The van der Waals surface area contributed by atoms with E-state index in [2.05, 4.69) is 9.97 Å². The van der Waals surface area contributed by atoms with E-state index in [1.807, 2.05) is 30.3 Å². The van der Waals surface area contributed by atoms with Gasteiger partial charge in [0.1, 0.15) is 0 Å². The molecule has 0 saturated heterocycles. The van der Waals surface area contributed by atoms with Crippen molar-refractivity contribution in [3.05, 3.63) is 52.8 Å². The highest BCUT2D eigenvalue weighted by atomic mass is 35.5. The van der Waals surface area contributed by atoms with E-state index in [1.54, 1.807) is 12.4 Å². The number of hydrogen-bond acceptors (Lipinski definition) is 1. The van der Waals surface area contributed by atoms with Crippen molar-refractivity contribution in [2.24, 2.45) is 0 Å². The van der Waals surface area contributed by atoms with Crippen LogP contribution in [0.4, 0.5) is 0 Å². The molecule has 17 heavy (non-hydrogen) atoms. The smallest absolute Gasteiger partial charge is 0.0931 e. The zero-order chi connectivity index (χ0) is 11.8. The second-order valence-corrected chi connectivity index (χ2v) is 4.60. The van der Waals surface area contributed by atoms with E-state index in [9.17, 15) is 0 Å². The zero-order valence-electron chi connectivity index (χ0n) is 8.74. The van der Waals surface area contributed by atoms with Gasteiger partial charge in [0.2, 0.25) is 0 Å². The van der Waals surface area contributed by atoms with E-state index >= 15 is 0 Å². The molecule has 84 valence electrons. The minimum absolute atomic E-state index is 0.639. The molecule has 0 fully saturated rings. The van der Waals surface area contributed by atoms with Crippen LogP contribution in [0.25, 0.3) is 22.2 Å². The van der Waals surface area contributed by atoms with Gasteiger partial charge >= 0.3 is 0 Å². The second kappa shape index (κ2) is 4.06. The van der Waals surface area contributed by atoms with Gasteiger partial charge in [-0.2, -0.15) is 0 Å². The van der Waals surface area contributed by atoms with Gasteiger partial charge in [-0.05, 0) is 29.8 Å². The molecule has 0 unspecified atom stereocenters. The lowest BCUT2D eigenvalue weighted by Gasteiger charge is -2.04. The first-order valence-corrected chi connectivity index (χ1v) is 5.88. The molecule has 1 N–H and O–H groups in total. The molecule has 2 aromatic carbocycles. The van der Waals surface area contributed by atoms with Crippen molar-refractivity contribution in [1.82, 2.24) is 9.97 Å². The quantitative estimate of drug-likeness (QED) is 0.686. The number of H-pyrrole nitrogens is 1. The van der Waals surface area contributed by atoms with Gasteiger partial charge in [-0.25, -0.2) is 4.98 Å². The molecule has 1 aromatic heterocycles. The summed E-state index contributed by atoms with van der Waals surface area (Å²) in [5.41, 5.74) is 3.93. The average molecular weight is 263 g/mol. The monoisotopic (exact) mass is 262 g/mol. The summed E-state index contributed by atoms with van der Waals surface area (Å²) in [6, 6.07) is 11.5. The summed E-state index contributed by atoms with van der Waals surface area (Å²) in [7, 11) is 0. The Morgan fingerprint density at radius 3 is 2.71 bits per heavy atom. The van der Waals surface area contributed by atoms with Crippen LogP contribution in [0.2, 0.25) is 10.0 Å². The van der Waals surface area contributed by atoms with Crippen LogP contribution in [0.1, 0.15) is 0 Å². The third-order valence-corrected chi connectivity index (χ3v) is 3.21. The van der Waals surface area contributed by atoms with Crippen molar-refractivity contribution in [2.75, 3.05) is 0 Å². The van der Waals surface area contributed by atoms with Crippen LogP contribution in [0.5, 0.6) is 0 Å². The van der Waals surface area contributed by atoms with Crippen LogP contribution in [0.3, 0.4) is 0 Å². The van der Waals surface area contributed by atoms with E-state index in [0.717, 1.165) is 22.2 Å². The number of halogens is 2. The lowest BCUT2D eigenvalue weighted by Crippen LogP contribution is -1.80. The summed E-state index contributed by atoms with van der Waals surface area (Å²) < 4.78 is 0. The van der Waals surface area contributed by atoms with E-state index in [1.165, 1.54) is 0 Å². The maximum atomic E-state index is 6.18. The number of nitrogens with one attached hydrogen (secondary N) is 1. The van der Waals surface area contributed by atoms with Crippen LogP contribution < -0.4 is 0 Å². The minimum Gasteiger partial charge on any atom is -0.345 e. The standard InChI is InChI=1S/C13H8Cl2N2/c14-9-2-3-10(11(15)6-9)8-1-4-12-13(5-8)17-7-16-12/h1-7H,(H,16,17). The summed E-state index contributed by atoms with van der Waals surface area (Å²) >= 11 is 12.1. The lowest BCUT2D eigenvalue weighted by molar-refractivity contribution is 1.34. The largest absolute Gasteiger partial charge is 0.345 e. The summed E-state index contributed by atoms with van der Waals surface area (Å²) in [5, 5.41) is 1.28. The van der Waals surface area contributed by atoms with Crippen molar-refractivity contribution < 1.29 is 0 Å². The number of hydrogen-bond donors (Lipinski definition) is 1. The van der Waals surface area contributed by atoms with Crippen molar-refractivity contribution in [2.45, 2.75) is 0 Å². The molecule has 2 nitrogen and oxygen atoms in total. The van der Waals surface area contributed by atoms with Crippen LogP contribution in [-0.2, 0) is 0 Å². The van der Waals surface area contributed by atoms with E-state index < -0.39 is 0 Å². The molecule has 0 bridgehead atoms. The van der Waals surface area contributed by atoms with Crippen molar-refractivity contribution in [3.63, 3.8) is 0 Å². The molecule has 0 aliphatic heterocycles. The Balaban J connectivity index is 2.19. The average Bonchev–Trinajstić information content (AvgIpc) is 2.75. The molecule has 3 rings (SSSR count). The fourth-order valence-corrected chi connectivity index (χ4v) is 2.34. The molecule has 1 heterocycles. The number of aromatic nitrogens is 2. The summed E-state index contributed by atoms with van der Waals surface area (Å²) in [6.07, 6.45) is 1.68.